The van der Waals surface area contributed by atoms with Crippen LogP contribution in [0.2, 0.25) is 0 Å². The van der Waals surface area contributed by atoms with Crippen molar-refractivity contribution in [2.45, 2.75) is 36.3 Å². The Morgan fingerprint density at radius 3 is 2.73 bits per heavy atom. The summed E-state index contributed by atoms with van der Waals surface area (Å²) >= 11 is 2.06. The second kappa shape index (κ2) is 10.4. The van der Waals surface area contributed by atoms with E-state index in [4.69, 9.17) is 9.72 Å². The Balaban J connectivity index is 1.11. The van der Waals surface area contributed by atoms with Crippen LogP contribution in [-0.2, 0) is 20.9 Å². The maximum atomic E-state index is 13.4. The van der Waals surface area contributed by atoms with E-state index in [1.807, 2.05) is 77.2 Å². The van der Waals surface area contributed by atoms with Gasteiger partial charge in [0.15, 0.2) is 3.92 Å². The van der Waals surface area contributed by atoms with Gasteiger partial charge in [-0.1, -0.05) is 59.0 Å². The van der Waals surface area contributed by atoms with Crippen LogP contribution in [0.25, 0.3) is 16.9 Å². The first-order valence-corrected chi connectivity index (χ1v) is 14.8. The molecule has 2 fully saturated rings. The molecule has 1 unspecified atom stereocenters. The van der Waals surface area contributed by atoms with Crippen LogP contribution in [0, 0.1) is 18.8 Å². The number of anilines is 1. The molecule has 206 valence electrons. The smallest absolute Gasteiger partial charge is 0.325 e. The predicted molar refractivity (Wildman–Crippen MR) is 162 cm³/mol. The number of alkyl halides is 1. The molecule has 3 atom stereocenters. The molecule has 0 bridgehead atoms. The molecule has 5 aromatic rings. The first-order valence-electron chi connectivity index (χ1n) is 13.6. The summed E-state index contributed by atoms with van der Waals surface area (Å²) < 4.78 is 6.77. The summed E-state index contributed by atoms with van der Waals surface area (Å²) in [5, 5.41) is 0. The zero-order valence-electron chi connectivity index (χ0n) is 22.3. The number of aromatic nitrogens is 5. The molecule has 3 aromatic heterocycles. The third-order valence-electron chi connectivity index (χ3n) is 7.94. The predicted octanol–water partition coefficient (Wildman–Crippen LogP) is 5.79. The first-order chi connectivity index (χ1) is 20.0. The number of nitrogens with zero attached hydrogens (tertiary/aromatic N) is 5. The summed E-state index contributed by atoms with van der Waals surface area (Å²) in [7, 11) is 0. The quantitative estimate of drug-likeness (QED) is 0.0981. The monoisotopic (exact) mass is 658 g/mol. The number of aromatic amines is 1. The van der Waals surface area contributed by atoms with E-state index in [9.17, 15) is 9.59 Å². The lowest BCUT2D eigenvalue weighted by molar-refractivity contribution is -0.144. The third kappa shape index (κ3) is 4.79. The number of aryl methyl sites for hydroxylation is 1. The van der Waals surface area contributed by atoms with Gasteiger partial charge in [0, 0.05) is 17.6 Å². The van der Waals surface area contributed by atoms with Crippen molar-refractivity contribution in [3.05, 3.63) is 102 Å². The zero-order valence-corrected chi connectivity index (χ0v) is 24.4. The van der Waals surface area contributed by atoms with Gasteiger partial charge in [-0.2, -0.15) is 0 Å². The lowest BCUT2D eigenvalue weighted by Gasteiger charge is -2.48. The molecule has 1 saturated heterocycles. The van der Waals surface area contributed by atoms with Crippen LogP contribution < -0.4 is 4.90 Å². The summed E-state index contributed by atoms with van der Waals surface area (Å²) in [4.78, 5) is 44.8. The van der Waals surface area contributed by atoms with Gasteiger partial charge in [-0.25, -0.2) is 15.0 Å². The Morgan fingerprint density at radius 2 is 1.95 bits per heavy atom. The Hall–Kier alpha value is -4.06. The molecule has 1 saturated carbocycles. The number of benzene rings is 2. The zero-order chi connectivity index (χ0) is 28.1. The minimum atomic E-state index is -0.543. The lowest BCUT2D eigenvalue weighted by atomic mass is 9.78. The number of β-lactam (4-membered cyclic amide) rings is 1. The van der Waals surface area contributed by atoms with Gasteiger partial charge in [0.1, 0.15) is 18.8 Å². The SMILES string of the molecule is Cc1nc(-n2cnc(C(I)C(=O)OCc3ccccc3)c2)ccc1[C@H]1[C@@H](C2CC2)C(=O)N1c1ccc2nc[nH]c2c1. The normalized spacial score (nSPS) is 19.3. The van der Waals surface area contributed by atoms with Crippen molar-refractivity contribution in [1.29, 1.82) is 0 Å². The highest BCUT2D eigenvalue weighted by molar-refractivity contribution is 14.1. The topological polar surface area (TPSA) is 106 Å². The molecule has 10 heteroatoms. The first kappa shape index (κ1) is 25.9. The molecule has 0 spiro atoms. The highest BCUT2D eigenvalue weighted by Crippen LogP contribution is 2.54. The van der Waals surface area contributed by atoms with E-state index in [2.05, 4.69) is 43.6 Å². The Labute approximate surface area is 250 Å². The van der Waals surface area contributed by atoms with Crippen LogP contribution in [0.5, 0.6) is 0 Å². The lowest BCUT2D eigenvalue weighted by Crippen LogP contribution is -2.56. The Morgan fingerprint density at radius 1 is 1.12 bits per heavy atom. The number of hydrogen-bond acceptors (Lipinski definition) is 6. The number of nitrogens with one attached hydrogen (secondary N) is 1. The van der Waals surface area contributed by atoms with E-state index in [1.165, 1.54) is 0 Å². The van der Waals surface area contributed by atoms with E-state index in [-0.39, 0.29) is 30.4 Å². The minimum absolute atomic E-state index is 0.0275. The number of fused-ring (bicyclic) bond motifs is 1. The number of carbonyl (C=O) groups excluding carboxylic acids is 2. The Bertz CT molecular complexity index is 1760. The fraction of sp³-hybridized carbons (Fsp3) is 0.258. The van der Waals surface area contributed by atoms with Gasteiger partial charge in [-0.3, -0.25) is 14.2 Å². The number of ether oxygens (including phenoxy) is 1. The van der Waals surface area contributed by atoms with Gasteiger partial charge < -0.3 is 14.6 Å². The van der Waals surface area contributed by atoms with Crippen LogP contribution in [0.15, 0.2) is 79.5 Å². The fourth-order valence-corrected chi connectivity index (χ4v) is 6.15. The van der Waals surface area contributed by atoms with E-state index in [0.29, 0.717) is 17.4 Å². The molecule has 0 radical (unpaired) electrons. The molecular formula is C31H27IN6O3. The number of rotatable bonds is 8. The second-order valence-electron chi connectivity index (χ2n) is 10.6. The number of carbonyl (C=O) groups is 2. The van der Waals surface area contributed by atoms with Gasteiger partial charge in [-0.05, 0) is 61.1 Å². The second-order valence-corrected chi connectivity index (χ2v) is 11.9. The van der Waals surface area contributed by atoms with Crippen molar-refractivity contribution in [2.24, 2.45) is 11.8 Å². The summed E-state index contributed by atoms with van der Waals surface area (Å²) in [5.41, 5.74) is 6.09. The summed E-state index contributed by atoms with van der Waals surface area (Å²) in [5.74, 6) is 0.933. The van der Waals surface area contributed by atoms with Gasteiger partial charge in [0.25, 0.3) is 0 Å². The van der Waals surface area contributed by atoms with Gasteiger partial charge in [0.05, 0.1) is 35.0 Å². The van der Waals surface area contributed by atoms with Crippen molar-refractivity contribution in [2.75, 3.05) is 4.90 Å². The summed E-state index contributed by atoms with van der Waals surface area (Å²) in [6.07, 6.45) is 7.33. The van der Waals surface area contributed by atoms with Crippen LogP contribution >= 0.6 is 22.6 Å². The van der Waals surface area contributed by atoms with Gasteiger partial charge in [0.2, 0.25) is 5.91 Å². The highest BCUT2D eigenvalue weighted by atomic mass is 127. The number of hydrogen-bond donors (Lipinski definition) is 1. The van der Waals surface area contributed by atoms with Crippen LogP contribution in [0.4, 0.5) is 5.69 Å². The molecule has 41 heavy (non-hydrogen) atoms. The molecule has 1 aliphatic carbocycles. The van der Waals surface area contributed by atoms with Crippen molar-refractivity contribution in [3.8, 4) is 5.82 Å². The van der Waals surface area contributed by atoms with E-state index >= 15 is 0 Å². The van der Waals surface area contributed by atoms with E-state index in [1.54, 1.807) is 12.7 Å². The number of halogens is 1. The molecule has 9 nitrogen and oxygen atoms in total. The largest absolute Gasteiger partial charge is 0.460 e. The molecule has 1 amide bonds. The minimum Gasteiger partial charge on any atom is -0.460 e. The molecule has 7 rings (SSSR count). The van der Waals surface area contributed by atoms with Gasteiger partial charge in [-0.15, -0.1) is 0 Å². The van der Waals surface area contributed by atoms with Crippen molar-refractivity contribution >= 4 is 51.2 Å². The molecule has 2 aliphatic rings. The third-order valence-corrected chi connectivity index (χ3v) is 9.09. The summed E-state index contributed by atoms with van der Waals surface area (Å²) in [6.45, 7) is 2.21. The number of amides is 1. The number of pyridine rings is 1. The summed E-state index contributed by atoms with van der Waals surface area (Å²) in [6, 6.07) is 19.5. The Kier molecular flexibility index (Phi) is 6.57. The molecule has 1 N–H and O–H groups in total. The molecule has 4 heterocycles. The molecule has 2 aromatic carbocycles. The van der Waals surface area contributed by atoms with Crippen molar-refractivity contribution in [1.82, 2.24) is 24.5 Å². The number of imidazole rings is 2. The molecule has 1 aliphatic heterocycles. The average Bonchev–Trinajstić information content (AvgIpc) is 3.48. The standard InChI is InChI=1S/C31H27IN6O3/c1-18-22(29-27(20-7-8-20)30(39)38(29)21-9-11-23-24(13-21)34-16-33-23)10-12-26(36-18)37-14-25(35-17-37)28(32)31(40)41-15-19-5-3-2-4-6-19/h2-6,9-14,16-17,20,27-29H,7-8,15H2,1H3,(H,33,34)/t27-,28?,29+/m1/s1. The number of esters is 1. The average molecular weight is 659 g/mol. The van der Waals surface area contributed by atoms with E-state index < -0.39 is 3.92 Å². The maximum absolute atomic E-state index is 13.4. The number of H-pyrrole nitrogens is 1. The van der Waals surface area contributed by atoms with Gasteiger partial charge >= 0.3 is 5.97 Å². The highest BCUT2D eigenvalue weighted by Gasteiger charge is 2.55. The van der Waals surface area contributed by atoms with Crippen LogP contribution in [0.3, 0.4) is 0 Å². The van der Waals surface area contributed by atoms with E-state index in [0.717, 1.165) is 46.4 Å². The van der Waals surface area contributed by atoms with Crippen LogP contribution in [-0.4, -0.2) is 36.4 Å². The van der Waals surface area contributed by atoms with Crippen molar-refractivity contribution < 1.29 is 14.3 Å². The fourth-order valence-electron chi connectivity index (χ4n) is 5.65. The maximum Gasteiger partial charge on any atom is 0.325 e. The van der Waals surface area contributed by atoms with Crippen LogP contribution in [0.1, 0.15) is 45.3 Å². The molecular weight excluding hydrogens is 631 g/mol. The van der Waals surface area contributed by atoms with Crippen molar-refractivity contribution in [3.63, 3.8) is 0 Å².